The van der Waals surface area contributed by atoms with Gasteiger partial charge in [0, 0.05) is 46.0 Å². The molecule has 0 bridgehead atoms. The van der Waals surface area contributed by atoms with Gasteiger partial charge in [0.25, 0.3) is 0 Å². The first-order valence-corrected chi connectivity index (χ1v) is 10.7. The van der Waals surface area contributed by atoms with E-state index in [0.29, 0.717) is 30.3 Å². The number of halogens is 2. The summed E-state index contributed by atoms with van der Waals surface area (Å²) in [7, 11) is 0. The molecule has 2 aromatic carbocycles. The number of aromatic nitrogens is 1. The number of para-hydroxylation sites is 1. The molecule has 0 spiro atoms. The van der Waals surface area contributed by atoms with E-state index in [2.05, 4.69) is 29.4 Å². The number of fused-ring (bicyclic) bond motifs is 2. The average Bonchev–Trinajstić information content (AvgIpc) is 3.41. The van der Waals surface area contributed by atoms with E-state index >= 15 is 4.39 Å². The minimum atomic E-state index is -0.584. The van der Waals surface area contributed by atoms with Crippen molar-refractivity contribution in [2.24, 2.45) is 5.92 Å². The molecule has 0 saturated heterocycles. The van der Waals surface area contributed by atoms with Gasteiger partial charge in [-0.3, -0.25) is 0 Å². The monoisotopic (exact) mass is 385 g/mol. The van der Waals surface area contributed by atoms with Crippen LogP contribution in [-0.4, -0.2) is 17.8 Å². The Morgan fingerprint density at radius 2 is 2.11 bits per heavy atom. The van der Waals surface area contributed by atoms with Gasteiger partial charge in [-0.2, -0.15) is 11.8 Å². The highest BCUT2D eigenvalue weighted by Gasteiger charge is 2.53. The minimum Gasteiger partial charge on any atom is -0.493 e. The van der Waals surface area contributed by atoms with Crippen molar-refractivity contribution in [3.8, 4) is 5.75 Å². The largest absolute Gasteiger partial charge is 0.493 e. The van der Waals surface area contributed by atoms with Gasteiger partial charge in [0.2, 0.25) is 0 Å². The van der Waals surface area contributed by atoms with Crippen molar-refractivity contribution in [3.05, 3.63) is 64.9 Å². The summed E-state index contributed by atoms with van der Waals surface area (Å²) >= 11 is 1.78. The van der Waals surface area contributed by atoms with Gasteiger partial charge in [-0.25, -0.2) is 8.78 Å². The second-order valence-electron chi connectivity index (χ2n) is 7.58. The zero-order valence-corrected chi connectivity index (χ0v) is 16.0. The van der Waals surface area contributed by atoms with Gasteiger partial charge in [-0.1, -0.05) is 18.2 Å². The van der Waals surface area contributed by atoms with Gasteiger partial charge in [-0.15, -0.1) is 0 Å². The molecule has 140 valence electrons. The van der Waals surface area contributed by atoms with Gasteiger partial charge >= 0.3 is 0 Å². The Balaban J connectivity index is 1.79. The third-order valence-corrected chi connectivity index (χ3v) is 6.68. The Labute approximate surface area is 161 Å². The van der Waals surface area contributed by atoms with E-state index in [4.69, 9.17) is 4.74 Å². The van der Waals surface area contributed by atoms with Gasteiger partial charge in [-0.05, 0) is 42.6 Å². The van der Waals surface area contributed by atoms with Crippen LogP contribution >= 0.6 is 11.8 Å². The van der Waals surface area contributed by atoms with Gasteiger partial charge in [0.1, 0.15) is 17.4 Å². The number of nitrogens with one attached hydrogen (secondary N) is 1. The molecule has 1 saturated carbocycles. The Bertz CT molecular complexity index is 1030. The van der Waals surface area contributed by atoms with E-state index in [1.54, 1.807) is 11.8 Å². The molecular formula is C22H21F2NOS. The number of rotatable bonds is 4. The first-order valence-electron chi connectivity index (χ1n) is 9.36. The standard InChI is InChI=1S/C22H21F2NOS/c1-27-12-13-3-2-4-16-17(11-25-21(13)16)22(14-5-6-14)7-8-26-19-10-15(23)9-18(24)20(19)22/h2-4,9-11,14,25H,5-8,12H2,1H3. The van der Waals surface area contributed by atoms with Crippen LogP contribution in [0.3, 0.4) is 0 Å². The van der Waals surface area contributed by atoms with Crippen molar-refractivity contribution in [3.63, 3.8) is 0 Å². The molecule has 1 aliphatic heterocycles. The highest BCUT2D eigenvalue weighted by Crippen LogP contribution is 2.59. The SMILES string of the molecule is CSCc1cccc2c(C3(C4CC4)CCOc4cc(F)cc(F)c43)c[nH]c12. The van der Waals surface area contributed by atoms with Crippen LogP contribution in [0.1, 0.15) is 36.0 Å². The molecule has 27 heavy (non-hydrogen) atoms. The number of ether oxygens (including phenoxy) is 1. The molecule has 5 heteroatoms. The molecule has 2 nitrogen and oxygen atoms in total. The van der Waals surface area contributed by atoms with E-state index in [0.717, 1.165) is 41.1 Å². The predicted molar refractivity (Wildman–Crippen MR) is 105 cm³/mol. The molecule has 2 heterocycles. The quantitative estimate of drug-likeness (QED) is 0.615. The first-order chi connectivity index (χ1) is 13.1. The van der Waals surface area contributed by atoms with Crippen molar-refractivity contribution in [1.82, 2.24) is 4.98 Å². The van der Waals surface area contributed by atoms with Crippen LogP contribution in [0.15, 0.2) is 36.5 Å². The van der Waals surface area contributed by atoms with Crippen LogP contribution in [0.4, 0.5) is 8.78 Å². The van der Waals surface area contributed by atoms with E-state index in [1.165, 1.54) is 11.6 Å². The summed E-state index contributed by atoms with van der Waals surface area (Å²) in [5.74, 6) is 0.571. The summed E-state index contributed by atoms with van der Waals surface area (Å²) in [4.78, 5) is 3.46. The molecule has 0 amide bonds. The predicted octanol–water partition coefficient (Wildman–Crippen LogP) is 5.79. The van der Waals surface area contributed by atoms with Crippen LogP contribution in [0.25, 0.3) is 10.9 Å². The van der Waals surface area contributed by atoms with Crippen LogP contribution in [0.2, 0.25) is 0 Å². The number of H-pyrrole nitrogens is 1. The van der Waals surface area contributed by atoms with Crippen LogP contribution in [-0.2, 0) is 11.2 Å². The number of hydrogen-bond acceptors (Lipinski definition) is 2. The van der Waals surface area contributed by atoms with E-state index in [9.17, 15) is 4.39 Å². The highest BCUT2D eigenvalue weighted by molar-refractivity contribution is 7.97. The lowest BCUT2D eigenvalue weighted by Crippen LogP contribution is -2.37. The molecule has 1 fully saturated rings. The summed E-state index contributed by atoms with van der Waals surface area (Å²) in [6.07, 6.45) is 6.98. The third kappa shape index (κ3) is 2.51. The second-order valence-corrected chi connectivity index (χ2v) is 8.45. The van der Waals surface area contributed by atoms with E-state index in [-0.39, 0.29) is 0 Å². The summed E-state index contributed by atoms with van der Waals surface area (Å²) in [6, 6.07) is 8.66. The third-order valence-electron chi connectivity index (χ3n) is 6.08. The number of aromatic amines is 1. The number of hydrogen-bond donors (Lipinski definition) is 1. The van der Waals surface area contributed by atoms with Crippen LogP contribution in [0.5, 0.6) is 5.75 Å². The Hall–Kier alpha value is -2.01. The van der Waals surface area contributed by atoms with Crippen molar-refractivity contribution in [2.45, 2.75) is 30.4 Å². The van der Waals surface area contributed by atoms with Crippen molar-refractivity contribution in [2.75, 3.05) is 12.9 Å². The Morgan fingerprint density at radius 1 is 1.26 bits per heavy atom. The maximum absolute atomic E-state index is 15.1. The first kappa shape index (κ1) is 17.1. The number of benzene rings is 2. The van der Waals surface area contributed by atoms with Crippen molar-refractivity contribution in [1.29, 1.82) is 0 Å². The molecule has 1 N–H and O–H groups in total. The lowest BCUT2D eigenvalue weighted by molar-refractivity contribution is 0.214. The van der Waals surface area contributed by atoms with Crippen LogP contribution < -0.4 is 4.74 Å². The fourth-order valence-electron chi connectivity index (χ4n) is 4.88. The Kier molecular flexibility index (Phi) is 3.97. The van der Waals surface area contributed by atoms with Crippen molar-refractivity contribution >= 4 is 22.7 Å². The van der Waals surface area contributed by atoms with Gasteiger partial charge in [0.15, 0.2) is 0 Å². The fraction of sp³-hybridized carbons (Fsp3) is 0.364. The number of thioether (sulfide) groups is 1. The lowest BCUT2D eigenvalue weighted by Gasteiger charge is -2.39. The zero-order chi connectivity index (χ0) is 18.6. The molecule has 5 rings (SSSR count). The normalized spacial score (nSPS) is 21.9. The summed E-state index contributed by atoms with van der Waals surface area (Å²) in [5, 5.41) is 1.14. The summed E-state index contributed by atoms with van der Waals surface area (Å²) < 4.78 is 34.6. The second kappa shape index (κ2) is 6.26. The molecule has 3 aromatic rings. The maximum atomic E-state index is 15.1. The smallest absolute Gasteiger partial charge is 0.133 e. The molecule has 1 unspecified atom stereocenters. The average molecular weight is 385 g/mol. The zero-order valence-electron chi connectivity index (χ0n) is 15.1. The molecule has 1 aromatic heterocycles. The topological polar surface area (TPSA) is 25.0 Å². The molecule has 2 aliphatic rings. The lowest BCUT2D eigenvalue weighted by atomic mass is 9.67. The summed E-state index contributed by atoms with van der Waals surface area (Å²) in [5.41, 5.74) is 3.58. The molecule has 0 radical (unpaired) electrons. The molecule has 1 aliphatic carbocycles. The van der Waals surface area contributed by atoms with E-state index < -0.39 is 17.0 Å². The highest BCUT2D eigenvalue weighted by atomic mass is 32.2. The Morgan fingerprint density at radius 3 is 2.89 bits per heavy atom. The van der Waals surface area contributed by atoms with Crippen molar-refractivity contribution < 1.29 is 13.5 Å². The molecule has 1 atom stereocenters. The fourth-order valence-corrected chi connectivity index (χ4v) is 5.43. The minimum absolute atomic E-state index is 0.361. The van der Waals surface area contributed by atoms with Gasteiger partial charge < -0.3 is 9.72 Å². The molecular weight excluding hydrogens is 364 g/mol. The summed E-state index contributed by atoms with van der Waals surface area (Å²) in [6.45, 7) is 0.476. The van der Waals surface area contributed by atoms with E-state index in [1.807, 2.05) is 6.20 Å². The maximum Gasteiger partial charge on any atom is 0.133 e. The van der Waals surface area contributed by atoms with Crippen LogP contribution in [0, 0.1) is 17.6 Å². The van der Waals surface area contributed by atoms with Gasteiger partial charge in [0.05, 0.1) is 6.61 Å².